The Morgan fingerprint density at radius 2 is 2.00 bits per heavy atom. The third-order valence-electron chi connectivity index (χ3n) is 2.74. The summed E-state index contributed by atoms with van der Waals surface area (Å²) in [5.74, 6) is -0.944. The zero-order chi connectivity index (χ0) is 17.5. The molecule has 0 saturated carbocycles. The van der Waals surface area contributed by atoms with E-state index >= 15 is 0 Å². The lowest BCUT2D eigenvalue weighted by Gasteiger charge is -2.11. The van der Waals surface area contributed by atoms with E-state index in [9.17, 15) is 14.4 Å². The summed E-state index contributed by atoms with van der Waals surface area (Å²) in [7, 11) is 0. The number of aromatic nitrogens is 2. The molecule has 1 aromatic heterocycles. The summed E-state index contributed by atoms with van der Waals surface area (Å²) < 4.78 is 0. The van der Waals surface area contributed by atoms with Crippen LogP contribution < -0.4 is 16.2 Å². The number of carbonyl (C=O) groups is 2. The largest absolute Gasteiger partial charge is 0.314 e. The van der Waals surface area contributed by atoms with Crippen LogP contribution in [0.15, 0.2) is 40.3 Å². The Kier molecular flexibility index (Phi) is 5.70. The predicted octanol–water partition coefficient (Wildman–Crippen LogP) is 1.60. The fourth-order valence-corrected chi connectivity index (χ4v) is 2.29. The number of benzene rings is 1. The number of carbonyl (C=O) groups excluding carboxylic acids is 2. The van der Waals surface area contributed by atoms with Crippen molar-refractivity contribution < 1.29 is 9.59 Å². The molecule has 0 bridgehead atoms. The maximum atomic E-state index is 12.2. The van der Waals surface area contributed by atoms with Crippen molar-refractivity contribution in [2.24, 2.45) is 0 Å². The highest BCUT2D eigenvalue weighted by Gasteiger charge is 2.16. The van der Waals surface area contributed by atoms with Gasteiger partial charge in [-0.2, -0.15) is 5.26 Å². The van der Waals surface area contributed by atoms with E-state index in [-0.39, 0.29) is 22.4 Å². The Balaban J connectivity index is 2.37. The first kappa shape index (κ1) is 17.2. The summed E-state index contributed by atoms with van der Waals surface area (Å²) in [5, 5.41) is 13.6. The van der Waals surface area contributed by atoms with Crippen molar-refractivity contribution in [2.75, 3.05) is 16.4 Å². The van der Waals surface area contributed by atoms with Crippen LogP contribution in [0.2, 0.25) is 0 Å². The van der Waals surface area contributed by atoms with Crippen molar-refractivity contribution in [1.82, 2.24) is 9.97 Å². The van der Waals surface area contributed by atoms with Gasteiger partial charge in [0.1, 0.15) is 0 Å². The number of nitrogens with zero attached hydrogens (tertiary/aromatic N) is 2. The van der Waals surface area contributed by atoms with Gasteiger partial charge >= 0.3 is 0 Å². The molecule has 9 heteroatoms. The second kappa shape index (κ2) is 7.94. The van der Waals surface area contributed by atoms with Gasteiger partial charge in [0.15, 0.2) is 16.7 Å². The highest BCUT2D eigenvalue weighted by Crippen LogP contribution is 2.19. The molecule has 0 radical (unpaired) electrons. The number of H-pyrrole nitrogens is 1. The van der Waals surface area contributed by atoms with Crippen LogP contribution >= 0.6 is 11.8 Å². The van der Waals surface area contributed by atoms with Gasteiger partial charge in [-0.15, -0.1) is 0 Å². The monoisotopic (exact) mass is 343 g/mol. The van der Waals surface area contributed by atoms with E-state index in [0.717, 1.165) is 11.8 Å². The number of nitriles is 1. The second-order valence-corrected chi connectivity index (χ2v) is 5.51. The van der Waals surface area contributed by atoms with Crippen molar-refractivity contribution >= 4 is 35.1 Å². The normalized spacial score (nSPS) is 9.83. The lowest BCUT2D eigenvalue weighted by molar-refractivity contribution is -0.114. The van der Waals surface area contributed by atoms with E-state index in [1.165, 1.54) is 6.92 Å². The fourth-order valence-electron chi connectivity index (χ4n) is 1.77. The van der Waals surface area contributed by atoms with E-state index < -0.39 is 17.4 Å². The molecule has 2 rings (SSSR count). The molecule has 2 amide bonds. The minimum absolute atomic E-state index is 0.0732. The van der Waals surface area contributed by atoms with Gasteiger partial charge in [0.2, 0.25) is 5.91 Å². The summed E-state index contributed by atoms with van der Waals surface area (Å²) in [6, 6.07) is 10.2. The molecule has 0 aliphatic carbocycles. The standard InChI is InChI=1S/C15H13N5O3S/c1-9(21)17-12-11(14(23)20-15(19-12)24-8-7-16)18-13(22)10-5-3-2-4-6-10/h2-6H,8H2,1H3,(H,18,22)(H2,17,19,20,21,23). The highest BCUT2D eigenvalue weighted by molar-refractivity contribution is 7.99. The van der Waals surface area contributed by atoms with E-state index in [0.29, 0.717) is 5.56 Å². The Morgan fingerprint density at radius 1 is 1.29 bits per heavy atom. The fraction of sp³-hybridized carbons (Fsp3) is 0.133. The summed E-state index contributed by atoms with van der Waals surface area (Å²) >= 11 is 1.01. The van der Waals surface area contributed by atoms with Gasteiger partial charge in [0, 0.05) is 12.5 Å². The van der Waals surface area contributed by atoms with Gasteiger partial charge in [-0.25, -0.2) is 4.98 Å². The van der Waals surface area contributed by atoms with Crippen LogP contribution in [0.4, 0.5) is 11.5 Å². The molecular weight excluding hydrogens is 330 g/mol. The van der Waals surface area contributed by atoms with Crippen LogP contribution in [0.5, 0.6) is 0 Å². The summed E-state index contributed by atoms with van der Waals surface area (Å²) in [6.07, 6.45) is 0. The van der Waals surface area contributed by atoms with Crippen LogP contribution in [0.25, 0.3) is 0 Å². The lowest BCUT2D eigenvalue weighted by atomic mass is 10.2. The topological polar surface area (TPSA) is 128 Å². The maximum absolute atomic E-state index is 12.2. The maximum Gasteiger partial charge on any atom is 0.277 e. The molecule has 2 aromatic rings. The SMILES string of the molecule is CC(=O)Nc1nc(SCC#N)[nH]c(=O)c1NC(=O)c1ccccc1. The first-order valence-electron chi connectivity index (χ1n) is 6.79. The molecular formula is C15H13N5O3S. The molecule has 24 heavy (non-hydrogen) atoms. The van der Waals surface area contributed by atoms with E-state index in [1.54, 1.807) is 30.3 Å². The molecule has 3 N–H and O–H groups in total. The molecule has 0 fully saturated rings. The Bertz CT molecular complexity index is 858. The number of aromatic amines is 1. The van der Waals surface area contributed by atoms with Gasteiger partial charge < -0.3 is 10.6 Å². The second-order valence-electron chi connectivity index (χ2n) is 4.54. The molecule has 0 aliphatic heterocycles. The van der Waals surface area contributed by atoms with Crippen LogP contribution in [0, 0.1) is 11.3 Å². The van der Waals surface area contributed by atoms with Gasteiger partial charge in [-0.05, 0) is 12.1 Å². The van der Waals surface area contributed by atoms with Crippen molar-refractivity contribution in [3.8, 4) is 6.07 Å². The minimum atomic E-state index is -0.626. The number of anilines is 2. The number of thioether (sulfide) groups is 1. The predicted molar refractivity (Wildman–Crippen MR) is 89.9 cm³/mol. The third kappa shape index (κ3) is 4.44. The average Bonchev–Trinajstić information content (AvgIpc) is 2.56. The summed E-state index contributed by atoms with van der Waals surface area (Å²) in [5.41, 5.74) is -0.438. The van der Waals surface area contributed by atoms with E-state index in [4.69, 9.17) is 5.26 Å². The Hall–Kier alpha value is -3.12. The molecule has 1 heterocycles. The quantitative estimate of drug-likeness (QED) is 0.559. The molecule has 0 spiro atoms. The molecule has 1 aromatic carbocycles. The molecule has 0 aliphatic rings. The zero-order valence-electron chi connectivity index (χ0n) is 12.6. The average molecular weight is 343 g/mol. The number of amides is 2. The van der Waals surface area contributed by atoms with Crippen LogP contribution in [-0.2, 0) is 4.79 Å². The number of nitrogens with one attached hydrogen (secondary N) is 3. The van der Waals surface area contributed by atoms with Gasteiger partial charge in [0.25, 0.3) is 11.5 Å². The molecule has 0 saturated heterocycles. The van der Waals surface area contributed by atoms with Crippen LogP contribution in [0.1, 0.15) is 17.3 Å². The Labute approximate surface area is 141 Å². The number of hydrogen-bond acceptors (Lipinski definition) is 6. The van der Waals surface area contributed by atoms with Crippen molar-refractivity contribution in [1.29, 1.82) is 5.26 Å². The van der Waals surface area contributed by atoms with E-state index in [1.807, 2.05) is 6.07 Å². The molecule has 0 unspecified atom stereocenters. The van der Waals surface area contributed by atoms with Gasteiger partial charge in [-0.1, -0.05) is 30.0 Å². The molecule has 0 atom stereocenters. The van der Waals surface area contributed by atoms with Crippen LogP contribution in [-0.4, -0.2) is 27.5 Å². The Morgan fingerprint density at radius 3 is 2.62 bits per heavy atom. The zero-order valence-corrected chi connectivity index (χ0v) is 13.4. The van der Waals surface area contributed by atoms with Crippen molar-refractivity contribution in [3.63, 3.8) is 0 Å². The van der Waals surface area contributed by atoms with Crippen molar-refractivity contribution in [3.05, 3.63) is 46.2 Å². The first-order chi connectivity index (χ1) is 11.5. The third-order valence-corrected chi connectivity index (χ3v) is 3.48. The highest BCUT2D eigenvalue weighted by atomic mass is 32.2. The van der Waals surface area contributed by atoms with Crippen molar-refractivity contribution in [2.45, 2.75) is 12.1 Å². The van der Waals surface area contributed by atoms with E-state index in [2.05, 4.69) is 20.6 Å². The minimum Gasteiger partial charge on any atom is -0.314 e. The summed E-state index contributed by atoms with van der Waals surface area (Å²) in [4.78, 5) is 42.3. The molecule has 8 nitrogen and oxygen atoms in total. The van der Waals surface area contributed by atoms with Crippen LogP contribution in [0.3, 0.4) is 0 Å². The molecule has 122 valence electrons. The lowest BCUT2D eigenvalue weighted by Crippen LogP contribution is -2.24. The van der Waals surface area contributed by atoms with Gasteiger partial charge in [0.05, 0.1) is 11.8 Å². The first-order valence-corrected chi connectivity index (χ1v) is 7.78. The number of rotatable bonds is 5. The summed E-state index contributed by atoms with van der Waals surface area (Å²) in [6.45, 7) is 1.26. The van der Waals surface area contributed by atoms with Gasteiger partial charge in [-0.3, -0.25) is 19.4 Å². The smallest absolute Gasteiger partial charge is 0.277 e. The number of hydrogen-bond donors (Lipinski definition) is 3.